The third kappa shape index (κ3) is 8.89. The Hall–Kier alpha value is -4.72. The average molecular weight is 570 g/mol. The Morgan fingerprint density at radius 1 is 0.902 bits per heavy atom. The zero-order valence-electron chi connectivity index (χ0n) is 22.7. The molecular weight excluding hydrogens is 534 g/mol. The van der Waals surface area contributed by atoms with Crippen LogP contribution in [0.3, 0.4) is 0 Å². The van der Waals surface area contributed by atoms with Gasteiger partial charge in [-0.1, -0.05) is 32.0 Å². The standard InChI is InChI=1S/C27H35N7O7/c1-14(2)7-22(27(40)41)34-25(38)20(8-15-11-30-19-6-4-3-5-17(15)19)33-26(39)21(9-16-12-29-13-31-16)32-24(37)18(28)10-23(35)36/h3-6,11-14,18,20-22,30H,7-10,28H2,1-2H3,(H,29,31)(H,32,37)(H,33,39)(H,34,38)(H,35,36)(H,40,41). The molecule has 4 atom stereocenters. The highest BCUT2D eigenvalue weighted by molar-refractivity contribution is 5.95. The lowest BCUT2D eigenvalue weighted by Crippen LogP contribution is -2.58. The first-order valence-electron chi connectivity index (χ1n) is 13.1. The van der Waals surface area contributed by atoms with Crippen LogP contribution in [0.1, 0.15) is 37.9 Å². The van der Waals surface area contributed by atoms with Gasteiger partial charge in [-0.2, -0.15) is 0 Å². The van der Waals surface area contributed by atoms with E-state index in [-0.39, 0.29) is 25.2 Å². The molecule has 3 aromatic rings. The lowest BCUT2D eigenvalue weighted by Gasteiger charge is -2.25. The van der Waals surface area contributed by atoms with Crippen LogP contribution in [-0.2, 0) is 36.8 Å². The van der Waals surface area contributed by atoms with Crippen molar-refractivity contribution in [2.75, 3.05) is 0 Å². The molecule has 1 aromatic carbocycles. The maximum absolute atomic E-state index is 13.5. The van der Waals surface area contributed by atoms with Crippen LogP contribution in [0.5, 0.6) is 0 Å². The lowest BCUT2D eigenvalue weighted by atomic mass is 10.0. The van der Waals surface area contributed by atoms with E-state index >= 15 is 0 Å². The number of carboxylic acids is 2. The molecule has 0 aliphatic carbocycles. The zero-order chi connectivity index (χ0) is 30.1. The molecular formula is C27H35N7O7. The number of benzene rings is 1. The number of imidazole rings is 1. The van der Waals surface area contributed by atoms with Crippen molar-refractivity contribution in [3.05, 3.63) is 54.2 Å². The summed E-state index contributed by atoms with van der Waals surface area (Å²) in [7, 11) is 0. The van der Waals surface area contributed by atoms with Gasteiger partial charge < -0.3 is 41.9 Å². The Morgan fingerprint density at radius 2 is 1.54 bits per heavy atom. The largest absolute Gasteiger partial charge is 0.481 e. The summed E-state index contributed by atoms with van der Waals surface area (Å²) < 4.78 is 0. The molecule has 41 heavy (non-hydrogen) atoms. The number of aromatic amines is 2. The van der Waals surface area contributed by atoms with Gasteiger partial charge in [0, 0.05) is 41.8 Å². The summed E-state index contributed by atoms with van der Waals surface area (Å²) in [5.41, 5.74) is 7.69. The fraction of sp³-hybridized carbons (Fsp3) is 0.407. The van der Waals surface area contributed by atoms with E-state index in [1.807, 2.05) is 38.1 Å². The van der Waals surface area contributed by atoms with E-state index in [1.165, 1.54) is 12.5 Å². The number of H-pyrrole nitrogens is 2. The number of amides is 3. The molecule has 2 heterocycles. The van der Waals surface area contributed by atoms with Gasteiger partial charge in [-0.25, -0.2) is 9.78 Å². The maximum Gasteiger partial charge on any atom is 0.326 e. The quantitative estimate of drug-likeness (QED) is 0.123. The van der Waals surface area contributed by atoms with Gasteiger partial charge >= 0.3 is 11.9 Å². The van der Waals surface area contributed by atoms with E-state index in [9.17, 15) is 29.1 Å². The summed E-state index contributed by atoms with van der Waals surface area (Å²) in [6, 6.07) is 2.30. The van der Waals surface area contributed by atoms with Crippen LogP contribution in [0, 0.1) is 5.92 Å². The number of nitrogens with zero attached hydrogens (tertiary/aromatic N) is 1. The predicted octanol–water partition coefficient (Wildman–Crippen LogP) is 0.0633. The fourth-order valence-corrected chi connectivity index (χ4v) is 4.35. The summed E-state index contributed by atoms with van der Waals surface area (Å²) in [5, 5.41) is 27.1. The van der Waals surface area contributed by atoms with Gasteiger partial charge in [-0.05, 0) is 24.0 Å². The highest BCUT2D eigenvalue weighted by Crippen LogP contribution is 2.19. The molecule has 0 saturated carbocycles. The smallest absolute Gasteiger partial charge is 0.326 e. The molecule has 3 amide bonds. The van der Waals surface area contributed by atoms with Crippen molar-refractivity contribution < 1.29 is 34.2 Å². The van der Waals surface area contributed by atoms with Crippen molar-refractivity contribution in [3.63, 3.8) is 0 Å². The number of carbonyl (C=O) groups excluding carboxylic acids is 3. The fourth-order valence-electron chi connectivity index (χ4n) is 4.35. The summed E-state index contributed by atoms with van der Waals surface area (Å²) in [6.07, 6.45) is 4.01. The van der Waals surface area contributed by atoms with Gasteiger partial charge in [0.1, 0.15) is 18.1 Å². The van der Waals surface area contributed by atoms with Gasteiger partial charge in [0.2, 0.25) is 17.7 Å². The van der Waals surface area contributed by atoms with E-state index < -0.39 is 60.2 Å². The van der Waals surface area contributed by atoms with Crippen molar-refractivity contribution in [2.45, 2.75) is 63.7 Å². The van der Waals surface area contributed by atoms with Crippen LogP contribution >= 0.6 is 0 Å². The molecule has 14 nitrogen and oxygen atoms in total. The van der Waals surface area contributed by atoms with Crippen LogP contribution in [-0.4, -0.2) is 79.0 Å². The van der Waals surface area contributed by atoms with Crippen LogP contribution in [0.15, 0.2) is 43.0 Å². The van der Waals surface area contributed by atoms with Crippen LogP contribution < -0.4 is 21.7 Å². The van der Waals surface area contributed by atoms with Gasteiger partial charge in [0.25, 0.3) is 0 Å². The second kappa shape index (κ2) is 14.1. The lowest BCUT2D eigenvalue weighted by molar-refractivity contribution is -0.142. The van der Waals surface area contributed by atoms with Crippen LogP contribution in [0.4, 0.5) is 0 Å². The number of aliphatic carboxylic acids is 2. The molecule has 0 aliphatic rings. The Morgan fingerprint density at radius 3 is 2.15 bits per heavy atom. The number of hydrogen-bond donors (Lipinski definition) is 8. The minimum absolute atomic E-state index is 0.0128. The molecule has 0 radical (unpaired) electrons. The summed E-state index contributed by atoms with van der Waals surface area (Å²) in [4.78, 5) is 72.3. The van der Waals surface area contributed by atoms with E-state index in [0.29, 0.717) is 11.3 Å². The third-order valence-electron chi connectivity index (χ3n) is 6.40. The molecule has 220 valence electrons. The minimum atomic E-state index is -1.41. The Kier molecular flexibility index (Phi) is 10.6. The monoisotopic (exact) mass is 569 g/mol. The third-order valence-corrected chi connectivity index (χ3v) is 6.40. The molecule has 0 fully saturated rings. The highest BCUT2D eigenvalue weighted by atomic mass is 16.4. The Balaban J connectivity index is 1.88. The van der Waals surface area contributed by atoms with E-state index in [2.05, 4.69) is 30.9 Å². The second-order valence-corrected chi connectivity index (χ2v) is 10.2. The Bertz CT molecular complexity index is 1370. The van der Waals surface area contributed by atoms with Crippen molar-refractivity contribution in [1.82, 2.24) is 30.9 Å². The molecule has 0 saturated heterocycles. The molecule has 0 aliphatic heterocycles. The van der Waals surface area contributed by atoms with E-state index in [1.54, 1.807) is 6.20 Å². The first kappa shape index (κ1) is 30.8. The van der Waals surface area contributed by atoms with Crippen molar-refractivity contribution >= 4 is 40.6 Å². The number of fused-ring (bicyclic) bond motifs is 1. The number of para-hydroxylation sites is 1. The number of aromatic nitrogens is 3. The molecule has 0 bridgehead atoms. The SMILES string of the molecule is CC(C)CC(NC(=O)C(Cc1c[nH]c2ccccc12)NC(=O)C(Cc1cnc[nH]1)NC(=O)C(N)CC(=O)O)C(=O)O. The summed E-state index contributed by atoms with van der Waals surface area (Å²) in [6.45, 7) is 3.65. The van der Waals surface area contributed by atoms with Gasteiger partial charge in [-0.15, -0.1) is 0 Å². The number of carbonyl (C=O) groups is 5. The number of rotatable bonds is 15. The first-order valence-corrected chi connectivity index (χ1v) is 13.1. The summed E-state index contributed by atoms with van der Waals surface area (Å²) >= 11 is 0. The molecule has 9 N–H and O–H groups in total. The molecule has 14 heteroatoms. The zero-order valence-corrected chi connectivity index (χ0v) is 22.7. The summed E-state index contributed by atoms with van der Waals surface area (Å²) in [5.74, 6) is -4.86. The van der Waals surface area contributed by atoms with Gasteiger partial charge in [-0.3, -0.25) is 19.2 Å². The molecule has 2 aromatic heterocycles. The first-order chi connectivity index (χ1) is 19.4. The Labute approximate surface area is 235 Å². The highest BCUT2D eigenvalue weighted by Gasteiger charge is 2.32. The molecule has 4 unspecified atom stereocenters. The molecule has 0 spiro atoms. The van der Waals surface area contributed by atoms with Crippen molar-refractivity contribution in [2.24, 2.45) is 11.7 Å². The van der Waals surface area contributed by atoms with E-state index in [0.717, 1.165) is 10.9 Å². The number of nitrogens with two attached hydrogens (primary N) is 1. The maximum atomic E-state index is 13.5. The van der Waals surface area contributed by atoms with Gasteiger partial charge in [0.05, 0.1) is 18.8 Å². The normalized spacial score (nSPS) is 14.1. The van der Waals surface area contributed by atoms with E-state index in [4.69, 9.17) is 10.8 Å². The molecule has 3 rings (SSSR count). The van der Waals surface area contributed by atoms with Crippen LogP contribution in [0.2, 0.25) is 0 Å². The van der Waals surface area contributed by atoms with Crippen LogP contribution in [0.25, 0.3) is 10.9 Å². The van der Waals surface area contributed by atoms with Crippen molar-refractivity contribution in [3.8, 4) is 0 Å². The second-order valence-electron chi connectivity index (χ2n) is 10.2. The average Bonchev–Trinajstić information content (AvgIpc) is 3.56. The minimum Gasteiger partial charge on any atom is -0.481 e. The van der Waals surface area contributed by atoms with Gasteiger partial charge in [0.15, 0.2) is 0 Å². The number of nitrogens with one attached hydrogen (secondary N) is 5. The topological polar surface area (TPSA) is 232 Å². The van der Waals surface area contributed by atoms with Crippen molar-refractivity contribution in [1.29, 1.82) is 0 Å². The number of carboxylic acid groups (broad SMARTS) is 2. The predicted molar refractivity (Wildman–Crippen MR) is 147 cm³/mol. The number of hydrogen-bond acceptors (Lipinski definition) is 7.